The van der Waals surface area contributed by atoms with Gasteiger partial charge in [-0.3, -0.25) is 0 Å². The van der Waals surface area contributed by atoms with E-state index >= 15 is 0 Å². The number of hydrogen-bond donors (Lipinski definition) is 0. The molecule has 0 saturated carbocycles. The predicted octanol–water partition coefficient (Wildman–Crippen LogP) is 2.64. The third-order valence-corrected chi connectivity index (χ3v) is 2.39. The number of carbonyl (C=O) groups excluding carboxylic acids is 1. The Kier molecular flexibility index (Phi) is 4.40. The normalized spacial score (nSPS) is 11.1. The molecule has 0 spiro atoms. The monoisotopic (exact) mass is 254 g/mol. The van der Waals surface area contributed by atoms with Gasteiger partial charge in [0.25, 0.3) is 0 Å². The number of hydrogen-bond acceptors (Lipinski definition) is 2. The predicted molar refractivity (Wildman–Crippen MR) is 60.2 cm³/mol. The minimum absolute atomic E-state index is 0.330. The Labute approximate surface area is 91.7 Å². The van der Waals surface area contributed by atoms with Crippen molar-refractivity contribution in [2.45, 2.75) is 0 Å². The van der Waals surface area contributed by atoms with Crippen LogP contribution in [0.2, 0.25) is 0 Å². The maximum Gasteiger partial charge on any atom is 0.330 e. The van der Waals surface area contributed by atoms with Crippen molar-refractivity contribution in [3.63, 3.8) is 0 Å². The van der Waals surface area contributed by atoms with E-state index in [0.717, 1.165) is 11.1 Å². The number of alkyl halides is 1. The fourth-order valence-electron chi connectivity index (χ4n) is 1.05. The Morgan fingerprint density at radius 3 is 2.57 bits per heavy atom. The van der Waals surface area contributed by atoms with Crippen LogP contribution >= 0.6 is 15.9 Å². The SMILES string of the molecule is COC(=O)C=C(CBr)c1ccccc1. The summed E-state index contributed by atoms with van der Waals surface area (Å²) in [6.45, 7) is 0. The van der Waals surface area contributed by atoms with Gasteiger partial charge < -0.3 is 4.74 Å². The molecule has 1 rings (SSSR count). The van der Waals surface area contributed by atoms with Crippen LogP contribution < -0.4 is 0 Å². The van der Waals surface area contributed by atoms with E-state index in [2.05, 4.69) is 20.7 Å². The first-order chi connectivity index (χ1) is 6.77. The number of benzene rings is 1. The Balaban J connectivity index is 2.93. The summed E-state index contributed by atoms with van der Waals surface area (Å²) in [6.07, 6.45) is 1.49. The van der Waals surface area contributed by atoms with Gasteiger partial charge in [-0.2, -0.15) is 0 Å². The summed E-state index contributed by atoms with van der Waals surface area (Å²) in [5, 5.41) is 0.631. The highest BCUT2D eigenvalue weighted by Crippen LogP contribution is 2.16. The number of methoxy groups -OCH3 is 1. The molecule has 0 atom stereocenters. The molecular weight excluding hydrogens is 244 g/mol. The smallest absolute Gasteiger partial charge is 0.330 e. The summed E-state index contributed by atoms with van der Waals surface area (Å²) in [4.78, 5) is 11.0. The molecule has 14 heavy (non-hydrogen) atoms. The van der Waals surface area contributed by atoms with E-state index in [0.29, 0.717) is 5.33 Å². The number of ether oxygens (including phenoxy) is 1. The Bertz CT molecular complexity index is 330. The molecule has 1 aromatic carbocycles. The third kappa shape index (κ3) is 3.00. The lowest BCUT2D eigenvalue weighted by Crippen LogP contribution is -1.97. The van der Waals surface area contributed by atoms with Crippen LogP contribution in [-0.2, 0) is 9.53 Å². The van der Waals surface area contributed by atoms with Gasteiger partial charge in [0.05, 0.1) is 7.11 Å². The highest BCUT2D eigenvalue weighted by molar-refractivity contribution is 9.09. The Hall–Kier alpha value is -1.09. The first-order valence-corrected chi connectivity index (χ1v) is 5.30. The average Bonchev–Trinajstić information content (AvgIpc) is 2.26. The zero-order valence-corrected chi connectivity index (χ0v) is 9.45. The van der Waals surface area contributed by atoms with Gasteiger partial charge >= 0.3 is 5.97 Å². The highest BCUT2D eigenvalue weighted by atomic mass is 79.9. The standard InChI is InChI=1S/C11H11BrO2/c1-14-11(13)7-10(8-12)9-5-3-2-4-6-9/h2-7H,8H2,1H3. The van der Waals surface area contributed by atoms with Crippen molar-refractivity contribution in [2.75, 3.05) is 12.4 Å². The molecule has 0 aliphatic carbocycles. The molecule has 74 valence electrons. The maximum absolute atomic E-state index is 11.0. The molecule has 0 amide bonds. The zero-order valence-electron chi connectivity index (χ0n) is 7.87. The number of allylic oxidation sites excluding steroid dienone is 1. The molecule has 0 N–H and O–H groups in total. The van der Waals surface area contributed by atoms with Gasteiger partial charge in [-0.15, -0.1) is 0 Å². The van der Waals surface area contributed by atoms with Crippen molar-refractivity contribution >= 4 is 27.5 Å². The molecule has 0 aliphatic heterocycles. The zero-order chi connectivity index (χ0) is 10.4. The van der Waals surface area contributed by atoms with E-state index in [1.54, 1.807) is 0 Å². The van der Waals surface area contributed by atoms with Crippen molar-refractivity contribution in [1.29, 1.82) is 0 Å². The fraction of sp³-hybridized carbons (Fsp3) is 0.182. The summed E-state index contributed by atoms with van der Waals surface area (Å²) >= 11 is 3.33. The molecule has 0 radical (unpaired) electrons. The molecule has 0 aliphatic rings. The molecule has 0 saturated heterocycles. The second kappa shape index (κ2) is 5.60. The van der Waals surface area contributed by atoms with Gasteiger partial charge in [-0.25, -0.2) is 4.79 Å². The van der Waals surface area contributed by atoms with Crippen molar-refractivity contribution in [3.8, 4) is 0 Å². The van der Waals surface area contributed by atoms with Crippen LogP contribution in [0.25, 0.3) is 5.57 Å². The number of rotatable bonds is 3. The van der Waals surface area contributed by atoms with Crippen molar-refractivity contribution < 1.29 is 9.53 Å². The van der Waals surface area contributed by atoms with Gasteiger partial charge in [0, 0.05) is 11.4 Å². The first kappa shape index (κ1) is 11.0. The number of carbonyl (C=O) groups is 1. The Morgan fingerprint density at radius 1 is 1.43 bits per heavy atom. The molecule has 1 aromatic rings. The molecule has 2 nitrogen and oxygen atoms in total. The largest absolute Gasteiger partial charge is 0.466 e. The van der Waals surface area contributed by atoms with Crippen LogP contribution in [0, 0.1) is 0 Å². The number of esters is 1. The van der Waals surface area contributed by atoms with Gasteiger partial charge in [0.2, 0.25) is 0 Å². The molecule has 0 aromatic heterocycles. The van der Waals surface area contributed by atoms with Crippen molar-refractivity contribution in [2.24, 2.45) is 0 Å². The Morgan fingerprint density at radius 2 is 2.07 bits per heavy atom. The topological polar surface area (TPSA) is 26.3 Å². The van der Waals surface area contributed by atoms with E-state index in [9.17, 15) is 4.79 Å². The van der Waals surface area contributed by atoms with Gasteiger partial charge in [0.1, 0.15) is 0 Å². The van der Waals surface area contributed by atoms with Crippen molar-refractivity contribution in [3.05, 3.63) is 42.0 Å². The van der Waals surface area contributed by atoms with Crippen LogP contribution in [0.4, 0.5) is 0 Å². The van der Waals surface area contributed by atoms with Crippen LogP contribution in [0.3, 0.4) is 0 Å². The van der Waals surface area contributed by atoms with Crippen LogP contribution in [0.15, 0.2) is 36.4 Å². The minimum Gasteiger partial charge on any atom is -0.466 e. The van der Waals surface area contributed by atoms with E-state index in [1.165, 1.54) is 13.2 Å². The summed E-state index contributed by atoms with van der Waals surface area (Å²) < 4.78 is 4.57. The van der Waals surface area contributed by atoms with E-state index < -0.39 is 0 Å². The lowest BCUT2D eigenvalue weighted by molar-refractivity contribution is -0.134. The summed E-state index contributed by atoms with van der Waals surface area (Å²) in [5.41, 5.74) is 1.94. The minimum atomic E-state index is -0.330. The molecule has 0 unspecified atom stereocenters. The first-order valence-electron chi connectivity index (χ1n) is 4.18. The summed E-state index contributed by atoms with van der Waals surface area (Å²) in [5.74, 6) is -0.330. The van der Waals surface area contributed by atoms with Gasteiger partial charge in [-0.05, 0) is 11.1 Å². The highest BCUT2D eigenvalue weighted by Gasteiger charge is 2.02. The lowest BCUT2D eigenvalue weighted by atomic mass is 10.1. The van der Waals surface area contributed by atoms with E-state index in [1.807, 2.05) is 30.3 Å². The molecule has 0 bridgehead atoms. The molecule has 3 heteroatoms. The molecule has 0 heterocycles. The second-order valence-electron chi connectivity index (χ2n) is 2.69. The van der Waals surface area contributed by atoms with E-state index in [-0.39, 0.29) is 5.97 Å². The van der Waals surface area contributed by atoms with Gasteiger partial charge in [-0.1, -0.05) is 46.3 Å². The fourth-order valence-corrected chi connectivity index (χ4v) is 1.54. The number of halogens is 1. The summed E-state index contributed by atoms with van der Waals surface area (Å²) in [6, 6.07) is 9.71. The lowest BCUT2D eigenvalue weighted by Gasteiger charge is -2.02. The van der Waals surface area contributed by atoms with Crippen LogP contribution in [0.1, 0.15) is 5.56 Å². The second-order valence-corrected chi connectivity index (χ2v) is 3.25. The molecule has 0 fully saturated rings. The molecular formula is C11H11BrO2. The quantitative estimate of drug-likeness (QED) is 0.471. The van der Waals surface area contributed by atoms with Crippen LogP contribution in [0.5, 0.6) is 0 Å². The van der Waals surface area contributed by atoms with Gasteiger partial charge in [0.15, 0.2) is 0 Å². The van der Waals surface area contributed by atoms with Crippen LogP contribution in [-0.4, -0.2) is 18.4 Å². The maximum atomic E-state index is 11.0. The summed E-state index contributed by atoms with van der Waals surface area (Å²) in [7, 11) is 1.37. The third-order valence-electron chi connectivity index (χ3n) is 1.78. The van der Waals surface area contributed by atoms with E-state index in [4.69, 9.17) is 0 Å². The average molecular weight is 255 g/mol. The van der Waals surface area contributed by atoms with Crippen molar-refractivity contribution in [1.82, 2.24) is 0 Å².